The summed E-state index contributed by atoms with van der Waals surface area (Å²) in [7, 11) is -3.70. The minimum atomic E-state index is -3.70. The Balaban J connectivity index is 1.39. The molecular formula is C29H26N2O3S. The molecule has 6 heteroatoms. The summed E-state index contributed by atoms with van der Waals surface area (Å²) < 4.78 is 28.3. The van der Waals surface area contributed by atoms with Crippen LogP contribution in [-0.4, -0.2) is 20.9 Å². The van der Waals surface area contributed by atoms with Crippen molar-refractivity contribution in [1.29, 1.82) is 0 Å². The second-order valence-electron chi connectivity index (χ2n) is 8.73. The van der Waals surface area contributed by atoms with Gasteiger partial charge < -0.3 is 5.32 Å². The van der Waals surface area contributed by atoms with Gasteiger partial charge in [0, 0.05) is 17.8 Å². The van der Waals surface area contributed by atoms with E-state index in [0.717, 1.165) is 35.1 Å². The lowest BCUT2D eigenvalue weighted by atomic mass is 10.0. The number of carbonyl (C=O) groups excluding carboxylic acids is 1. The fourth-order valence-corrected chi connectivity index (χ4v) is 5.89. The fourth-order valence-electron chi connectivity index (χ4n) is 4.35. The summed E-state index contributed by atoms with van der Waals surface area (Å²) in [6.07, 6.45) is 1.54. The molecule has 4 aromatic rings. The number of hydrogen-bond donors (Lipinski definition) is 1. The van der Waals surface area contributed by atoms with E-state index >= 15 is 0 Å². The zero-order valence-electron chi connectivity index (χ0n) is 19.4. The van der Waals surface area contributed by atoms with Gasteiger partial charge in [-0.3, -0.25) is 9.10 Å². The van der Waals surface area contributed by atoms with Crippen molar-refractivity contribution in [1.82, 2.24) is 0 Å². The molecule has 0 saturated heterocycles. The van der Waals surface area contributed by atoms with E-state index in [2.05, 4.69) is 5.32 Å². The molecular weight excluding hydrogens is 456 g/mol. The number of nitrogens with one attached hydrogen (secondary N) is 1. The number of rotatable bonds is 5. The molecule has 4 aromatic carbocycles. The summed E-state index contributed by atoms with van der Waals surface area (Å²) in [4.78, 5) is 13.2. The predicted octanol–water partition coefficient (Wildman–Crippen LogP) is 6.06. The summed E-state index contributed by atoms with van der Waals surface area (Å²) in [5.74, 6) is -0.242. The summed E-state index contributed by atoms with van der Waals surface area (Å²) in [6.45, 7) is 2.33. The Labute approximate surface area is 206 Å². The topological polar surface area (TPSA) is 66.5 Å². The van der Waals surface area contributed by atoms with Crippen LogP contribution in [0.25, 0.3) is 11.1 Å². The number of sulfonamides is 1. The molecule has 1 heterocycles. The molecule has 1 amide bonds. The van der Waals surface area contributed by atoms with Crippen LogP contribution in [0, 0.1) is 6.92 Å². The second-order valence-corrected chi connectivity index (χ2v) is 10.6. The number of benzene rings is 4. The zero-order chi connectivity index (χ0) is 24.4. The van der Waals surface area contributed by atoms with Gasteiger partial charge in [0.25, 0.3) is 15.9 Å². The first-order chi connectivity index (χ1) is 16.9. The quantitative estimate of drug-likeness (QED) is 0.376. The molecule has 0 fully saturated rings. The highest BCUT2D eigenvalue weighted by molar-refractivity contribution is 7.92. The first-order valence-electron chi connectivity index (χ1n) is 11.6. The molecule has 35 heavy (non-hydrogen) atoms. The Kier molecular flexibility index (Phi) is 6.14. The van der Waals surface area contributed by atoms with Crippen LogP contribution < -0.4 is 9.62 Å². The van der Waals surface area contributed by atoms with Gasteiger partial charge in [0.15, 0.2) is 0 Å². The number of anilines is 2. The van der Waals surface area contributed by atoms with Gasteiger partial charge in [-0.25, -0.2) is 8.42 Å². The predicted molar refractivity (Wildman–Crippen MR) is 140 cm³/mol. The number of carbonyl (C=O) groups is 1. The molecule has 1 aliphatic heterocycles. The summed E-state index contributed by atoms with van der Waals surface area (Å²) in [5, 5.41) is 2.93. The van der Waals surface area contributed by atoms with E-state index in [1.165, 1.54) is 4.31 Å². The maximum atomic E-state index is 13.4. The van der Waals surface area contributed by atoms with E-state index in [4.69, 9.17) is 0 Å². The monoisotopic (exact) mass is 482 g/mol. The van der Waals surface area contributed by atoms with Gasteiger partial charge in [-0.1, -0.05) is 66.2 Å². The lowest BCUT2D eigenvalue weighted by Crippen LogP contribution is -2.35. The van der Waals surface area contributed by atoms with Crippen molar-refractivity contribution in [3.63, 3.8) is 0 Å². The number of aryl methyl sites for hydroxylation is 2. The van der Waals surface area contributed by atoms with E-state index in [9.17, 15) is 13.2 Å². The molecule has 1 N–H and O–H groups in total. The van der Waals surface area contributed by atoms with Crippen molar-refractivity contribution < 1.29 is 13.2 Å². The standard InChI is InChI=1S/C29H26N2O3S/c1-21-9-17-27(18-10-21)35(33,34)31-19-5-8-24-15-16-26(20-28(24)31)30-29(32)25-13-11-23(12-14-25)22-6-3-2-4-7-22/h2-4,6-7,9-18,20H,5,8,19H2,1H3,(H,30,32). The average Bonchev–Trinajstić information content (AvgIpc) is 2.89. The van der Waals surface area contributed by atoms with Crippen LogP contribution in [0.15, 0.2) is 102 Å². The van der Waals surface area contributed by atoms with Gasteiger partial charge in [0.1, 0.15) is 0 Å². The molecule has 176 valence electrons. The van der Waals surface area contributed by atoms with E-state index in [1.54, 1.807) is 42.5 Å². The highest BCUT2D eigenvalue weighted by Crippen LogP contribution is 2.34. The van der Waals surface area contributed by atoms with Crippen LogP contribution in [0.4, 0.5) is 11.4 Å². The summed E-state index contributed by atoms with van der Waals surface area (Å²) in [5.41, 5.74) is 5.80. The number of nitrogens with zero attached hydrogens (tertiary/aromatic N) is 1. The summed E-state index contributed by atoms with van der Waals surface area (Å²) in [6, 6.07) is 29.8. The highest BCUT2D eigenvalue weighted by atomic mass is 32.2. The smallest absolute Gasteiger partial charge is 0.264 e. The van der Waals surface area contributed by atoms with Crippen molar-refractivity contribution in [3.8, 4) is 11.1 Å². The minimum absolute atomic E-state index is 0.242. The van der Waals surface area contributed by atoms with Crippen LogP contribution in [-0.2, 0) is 16.4 Å². The molecule has 0 atom stereocenters. The Bertz CT molecular complexity index is 1460. The molecule has 0 aromatic heterocycles. The summed E-state index contributed by atoms with van der Waals surface area (Å²) >= 11 is 0. The van der Waals surface area contributed by atoms with Crippen LogP contribution in [0.3, 0.4) is 0 Å². The van der Waals surface area contributed by atoms with Gasteiger partial charge in [-0.05, 0) is 72.9 Å². The third-order valence-corrected chi connectivity index (χ3v) is 8.11. The number of hydrogen-bond acceptors (Lipinski definition) is 3. The van der Waals surface area contributed by atoms with Gasteiger partial charge >= 0.3 is 0 Å². The van der Waals surface area contributed by atoms with Crippen molar-refractivity contribution in [2.24, 2.45) is 0 Å². The molecule has 0 unspecified atom stereocenters. The first-order valence-corrected chi connectivity index (χ1v) is 13.0. The number of fused-ring (bicyclic) bond motifs is 1. The van der Waals surface area contributed by atoms with E-state index in [0.29, 0.717) is 23.5 Å². The molecule has 1 aliphatic rings. The number of amides is 1. The van der Waals surface area contributed by atoms with Gasteiger partial charge in [-0.2, -0.15) is 0 Å². The zero-order valence-corrected chi connectivity index (χ0v) is 20.3. The lowest BCUT2D eigenvalue weighted by molar-refractivity contribution is 0.102. The van der Waals surface area contributed by atoms with Crippen molar-refractivity contribution in [2.45, 2.75) is 24.7 Å². The van der Waals surface area contributed by atoms with Gasteiger partial charge in [-0.15, -0.1) is 0 Å². The third-order valence-electron chi connectivity index (χ3n) is 6.28. The van der Waals surface area contributed by atoms with Crippen LogP contribution in [0.1, 0.15) is 27.9 Å². The molecule has 0 saturated carbocycles. The second kappa shape index (κ2) is 9.39. The van der Waals surface area contributed by atoms with E-state index in [1.807, 2.05) is 61.5 Å². The van der Waals surface area contributed by atoms with Crippen LogP contribution in [0.2, 0.25) is 0 Å². The SMILES string of the molecule is Cc1ccc(S(=O)(=O)N2CCCc3ccc(NC(=O)c4ccc(-c5ccccc5)cc4)cc32)cc1. The van der Waals surface area contributed by atoms with E-state index in [-0.39, 0.29) is 10.8 Å². The molecule has 0 radical (unpaired) electrons. The van der Waals surface area contributed by atoms with Crippen molar-refractivity contribution >= 4 is 27.3 Å². The molecule has 5 nitrogen and oxygen atoms in total. The average molecular weight is 483 g/mol. The van der Waals surface area contributed by atoms with Crippen molar-refractivity contribution in [2.75, 3.05) is 16.2 Å². The lowest BCUT2D eigenvalue weighted by Gasteiger charge is -2.31. The first kappa shape index (κ1) is 22.9. The van der Waals surface area contributed by atoms with Gasteiger partial charge in [0.05, 0.1) is 10.6 Å². The molecule has 0 spiro atoms. The Hall–Kier alpha value is -3.90. The minimum Gasteiger partial charge on any atom is -0.322 e. The maximum Gasteiger partial charge on any atom is 0.264 e. The van der Waals surface area contributed by atoms with E-state index < -0.39 is 10.0 Å². The van der Waals surface area contributed by atoms with Crippen LogP contribution in [0.5, 0.6) is 0 Å². The Morgan fingerprint density at radius 2 is 1.51 bits per heavy atom. The van der Waals surface area contributed by atoms with Crippen molar-refractivity contribution in [3.05, 3.63) is 114 Å². The third kappa shape index (κ3) is 4.70. The molecule has 5 rings (SSSR count). The van der Waals surface area contributed by atoms with Gasteiger partial charge in [0.2, 0.25) is 0 Å². The molecule has 0 aliphatic carbocycles. The molecule has 0 bridgehead atoms. The fraction of sp³-hybridized carbons (Fsp3) is 0.138. The highest BCUT2D eigenvalue weighted by Gasteiger charge is 2.29. The largest absolute Gasteiger partial charge is 0.322 e. The maximum absolute atomic E-state index is 13.4. The Morgan fingerprint density at radius 1 is 0.829 bits per heavy atom. The normalized spacial score (nSPS) is 13.2. The van der Waals surface area contributed by atoms with Crippen LogP contribution >= 0.6 is 0 Å². The Morgan fingerprint density at radius 3 is 2.23 bits per heavy atom.